The largest absolute Gasteiger partial charge is 0.344 e. The number of nitrogens with two attached hydrogens (primary N) is 1. The van der Waals surface area contributed by atoms with Crippen LogP contribution in [-0.4, -0.2) is 28.6 Å². The van der Waals surface area contributed by atoms with E-state index >= 15 is 0 Å². The predicted molar refractivity (Wildman–Crippen MR) is 86.4 cm³/mol. The summed E-state index contributed by atoms with van der Waals surface area (Å²) in [4.78, 5) is 2.71. The first-order valence-electron chi connectivity index (χ1n) is 8.66. The molecule has 2 N–H and O–H groups in total. The van der Waals surface area contributed by atoms with Crippen LogP contribution in [0.2, 0.25) is 0 Å². The third-order valence-corrected chi connectivity index (χ3v) is 6.09. The summed E-state index contributed by atoms with van der Waals surface area (Å²) < 4.78 is 2.69. The van der Waals surface area contributed by atoms with Gasteiger partial charge in [0.2, 0.25) is 0 Å². The molecule has 3 heteroatoms. The molecule has 0 saturated carbocycles. The second-order valence-corrected chi connectivity index (χ2v) is 8.31. The van der Waals surface area contributed by atoms with Gasteiger partial charge in [-0.3, -0.25) is 4.90 Å². The molecule has 3 heterocycles. The van der Waals surface area contributed by atoms with E-state index in [1.54, 1.807) is 5.69 Å². The maximum absolute atomic E-state index is 6.49. The van der Waals surface area contributed by atoms with Gasteiger partial charge in [-0.1, -0.05) is 13.8 Å². The summed E-state index contributed by atoms with van der Waals surface area (Å²) in [6.07, 6.45) is 6.39. The smallest absolute Gasteiger partial charge is 0.0503 e. The summed E-state index contributed by atoms with van der Waals surface area (Å²) in [7, 11) is 0. The third kappa shape index (κ3) is 2.08. The van der Waals surface area contributed by atoms with Crippen molar-refractivity contribution in [3.63, 3.8) is 0 Å². The summed E-state index contributed by atoms with van der Waals surface area (Å²) in [5.74, 6) is 0. The lowest BCUT2D eigenvalue weighted by Crippen LogP contribution is -2.33. The lowest BCUT2D eigenvalue weighted by atomic mass is 9.74. The highest BCUT2D eigenvalue weighted by molar-refractivity contribution is 5.35. The van der Waals surface area contributed by atoms with Crippen molar-refractivity contribution in [1.29, 1.82) is 0 Å². The maximum atomic E-state index is 6.49. The number of rotatable bonds is 1. The molecule has 2 saturated heterocycles. The molecular formula is C18H29N3. The van der Waals surface area contributed by atoms with Gasteiger partial charge in [0.25, 0.3) is 0 Å². The molecule has 3 atom stereocenters. The zero-order valence-electron chi connectivity index (χ0n) is 13.7. The van der Waals surface area contributed by atoms with E-state index in [0.29, 0.717) is 11.5 Å². The molecular weight excluding hydrogens is 258 g/mol. The van der Waals surface area contributed by atoms with E-state index in [1.165, 1.54) is 50.0 Å². The van der Waals surface area contributed by atoms with Crippen LogP contribution in [0.5, 0.6) is 0 Å². The first-order valence-corrected chi connectivity index (χ1v) is 8.66. The molecule has 1 aromatic heterocycles. The van der Waals surface area contributed by atoms with Gasteiger partial charge < -0.3 is 10.3 Å². The molecule has 1 aliphatic carbocycles. The molecule has 21 heavy (non-hydrogen) atoms. The zero-order chi connectivity index (χ0) is 14.8. The number of aryl methyl sites for hydroxylation is 1. The fraction of sp³-hybridized carbons (Fsp3) is 0.778. The van der Waals surface area contributed by atoms with Crippen molar-refractivity contribution in [3.8, 4) is 0 Å². The van der Waals surface area contributed by atoms with Crippen molar-refractivity contribution >= 4 is 0 Å². The Balaban J connectivity index is 1.76. The Morgan fingerprint density at radius 1 is 1.19 bits per heavy atom. The number of nitrogens with zero attached hydrogens (tertiary/aromatic N) is 2. The van der Waals surface area contributed by atoms with Gasteiger partial charge in [-0.05, 0) is 62.6 Å². The highest BCUT2D eigenvalue weighted by Gasteiger charge is 2.41. The number of fused-ring (bicyclic) bond motifs is 2. The number of hydrogen-bond acceptors (Lipinski definition) is 2. The summed E-state index contributed by atoms with van der Waals surface area (Å²) in [6, 6.07) is 4.08. The fourth-order valence-corrected chi connectivity index (χ4v) is 5.29. The minimum atomic E-state index is 0.227. The van der Waals surface area contributed by atoms with Gasteiger partial charge >= 0.3 is 0 Å². The van der Waals surface area contributed by atoms with Crippen LogP contribution >= 0.6 is 0 Å². The molecule has 4 rings (SSSR count). The SMILES string of the molecule is Cc1cc2c(n1C1CCN3CCCC13)CC(C)(C)CC2N. The summed E-state index contributed by atoms with van der Waals surface area (Å²) in [6.45, 7) is 9.64. The molecule has 3 aliphatic rings. The van der Waals surface area contributed by atoms with E-state index in [1.807, 2.05) is 0 Å². The normalized spacial score (nSPS) is 35.0. The monoisotopic (exact) mass is 287 g/mol. The maximum Gasteiger partial charge on any atom is 0.0503 e. The Hall–Kier alpha value is -0.800. The standard InChI is InChI=1S/C18H29N3/c1-12-9-13-14(19)10-18(2,3)11-17(13)21(12)16-6-8-20-7-4-5-15(16)20/h9,14-16H,4-8,10-11,19H2,1-3H3. The van der Waals surface area contributed by atoms with E-state index < -0.39 is 0 Å². The molecule has 3 unspecified atom stereocenters. The highest BCUT2D eigenvalue weighted by Crippen LogP contribution is 2.45. The molecule has 0 bridgehead atoms. The fourth-order valence-electron chi connectivity index (χ4n) is 5.29. The van der Waals surface area contributed by atoms with Crippen molar-refractivity contribution in [2.75, 3.05) is 13.1 Å². The minimum Gasteiger partial charge on any atom is -0.344 e. The molecule has 2 aliphatic heterocycles. The molecule has 2 fully saturated rings. The summed E-state index contributed by atoms with van der Waals surface area (Å²) in [5, 5.41) is 0. The summed E-state index contributed by atoms with van der Waals surface area (Å²) >= 11 is 0. The topological polar surface area (TPSA) is 34.2 Å². The number of aromatic nitrogens is 1. The van der Waals surface area contributed by atoms with Gasteiger partial charge in [0.05, 0.1) is 6.04 Å². The van der Waals surface area contributed by atoms with E-state index in [4.69, 9.17) is 5.73 Å². The Morgan fingerprint density at radius 3 is 2.81 bits per heavy atom. The van der Waals surface area contributed by atoms with Gasteiger partial charge in [-0.2, -0.15) is 0 Å². The van der Waals surface area contributed by atoms with Crippen LogP contribution in [0.4, 0.5) is 0 Å². The van der Waals surface area contributed by atoms with Crippen molar-refractivity contribution < 1.29 is 0 Å². The molecule has 3 nitrogen and oxygen atoms in total. The lowest BCUT2D eigenvalue weighted by molar-refractivity contribution is 0.257. The van der Waals surface area contributed by atoms with Crippen molar-refractivity contribution in [2.24, 2.45) is 11.1 Å². The van der Waals surface area contributed by atoms with Crippen molar-refractivity contribution in [1.82, 2.24) is 9.47 Å². The van der Waals surface area contributed by atoms with Gasteiger partial charge in [0.15, 0.2) is 0 Å². The zero-order valence-corrected chi connectivity index (χ0v) is 13.7. The Bertz CT molecular complexity index is 557. The van der Waals surface area contributed by atoms with E-state index in [2.05, 4.69) is 36.3 Å². The van der Waals surface area contributed by atoms with Gasteiger partial charge in [-0.25, -0.2) is 0 Å². The van der Waals surface area contributed by atoms with Gasteiger partial charge in [0, 0.05) is 30.0 Å². The van der Waals surface area contributed by atoms with Gasteiger partial charge in [-0.15, -0.1) is 0 Å². The average Bonchev–Trinajstić information content (AvgIpc) is 3.03. The second kappa shape index (κ2) is 4.60. The number of hydrogen-bond donors (Lipinski definition) is 1. The van der Waals surface area contributed by atoms with Crippen LogP contribution < -0.4 is 5.73 Å². The second-order valence-electron chi connectivity index (χ2n) is 8.31. The first kappa shape index (κ1) is 13.8. The van der Waals surface area contributed by atoms with Crippen molar-refractivity contribution in [2.45, 2.75) is 71.0 Å². The van der Waals surface area contributed by atoms with Crippen LogP contribution in [0, 0.1) is 12.3 Å². The van der Waals surface area contributed by atoms with Crippen LogP contribution in [0.1, 0.15) is 68.6 Å². The van der Waals surface area contributed by atoms with Gasteiger partial charge in [0.1, 0.15) is 0 Å². The quantitative estimate of drug-likeness (QED) is 0.861. The van der Waals surface area contributed by atoms with Crippen LogP contribution in [0.3, 0.4) is 0 Å². The van der Waals surface area contributed by atoms with E-state index in [0.717, 1.165) is 12.5 Å². The molecule has 0 spiro atoms. The molecule has 0 radical (unpaired) electrons. The third-order valence-electron chi connectivity index (χ3n) is 6.09. The van der Waals surface area contributed by atoms with Crippen molar-refractivity contribution in [3.05, 3.63) is 23.0 Å². The van der Waals surface area contributed by atoms with Crippen LogP contribution in [0.25, 0.3) is 0 Å². The lowest BCUT2D eigenvalue weighted by Gasteiger charge is -2.36. The Kier molecular flexibility index (Phi) is 3.03. The molecule has 0 aromatic carbocycles. The molecule has 116 valence electrons. The molecule has 0 amide bonds. The first-order chi connectivity index (χ1) is 9.96. The van der Waals surface area contributed by atoms with E-state index in [9.17, 15) is 0 Å². The Labute approximate surface area is 128 Å². The predicted octanol–water partition coefficient (Wildman–Crippen LogP) is 3.18. The van der Waals surface area contributed by atoms with Crippen LogP contribution in [0.15, 0.2) is 6.07 Å². The molecule has 1 aromatic rings. The summed E-state index contributed by atoms with van der Waals surface area (Å²) in [5.41, 5.74) is 11.2. The van der Waals surface area contributed by atoms with E-state index in [-0.39, 0.29) is 6.04 Å². The Morgan fingerprint density at radius 2 is 2.00 bits per heavy atom. The highest BCUT2D eigenvalue weighted by atomic mass is 15.3. The van der Waals surface area contributed by atoms with Crippen LogP contribution in [-0.2, 0) is 6.42 Å². The minimum absolute atomic E-state index is 0.227. The average molecular weight is 287 g/mol.